The third-order valence-electron chi connectivity index (χ3n) is 4.66. The Kier molecular flexibility index (Phi) is 4.63. The Labute approximate surface area is 141 Å². The van der Waals surface area contributed by atoms with Crippen LogP contribution in [0.5, 0.6) is 0 Å². The third-order valence-corrected chi connectivity index (χ3v) is 6.36. The number of hydrogen-bond donors (Lipinski definition) is 0. The lowest BCUT2D eigenvalue weighted by Gasteiger charge is -2.43. The molecule has 1 aromatic heterocycles. The van der Waals surface area contributed by atoms with Gasteiger partial charge in [-0.1, -0.05) is 5.16 Å². The standard InChI is InChI=1S/C14H23N5O4S/c1-10-15-13(16-23-10)6-18-4-5-19(7-14(20)17(2)3)12-9-24(21,22)8-11(12)18/h11-12H,4-9H2,1-3H3/t11-,12+/m1/s1. The molecule has 0 bridgehead atoms. The van der Waals surface area contributed by atoms with Gasteiger partial charge in [0.05, 0.1) is 24.6 Å². The molecule has 2 atom stereocenters. The normalized spacial score (nSPS) is 27.1. The molecule has 0 saturated carbocycles. The van der Waals surface area contributed by atoms with Crippen molar-refractivity contribution in [1.82, 2.24) is 24.8 Å². The van der Waals surface area contributed by atoms with Crippen molar-refractivity contribution < 1.29 is 17.7 Å². The minimum absolute atomic E-state index is 0.0136. The monoisotopic (exact) mass is 357 g/mol. The zero-order valence-electron chi connectivity index (χ0n) is 14.2. The Bertz CT molecular complexity index is 717. The van der Waals surface area contributed by atoms with Crippen LogP contribution in [0.1, 0.15) is 11.7 Å². The van der Waals surface area contributed by atoms with Gasteiger partial charge in [0.2, 0.25) is 11.8 Å². The second kappa shape index (κ2) is 6.41. The lowest BCUT2D eigenvalue weighted by molar-refractivity contribution is -0.131. The molecular weight excluding hydrogens is 334 g/mol. The molecule has 9 nitrogen and oxygen atoms in total. The fraction of sp³-hybridized carbons (Fsp3) is 0.786. The first-order chi connectivity index (χ1) is 11.2. The number of piperazine rings is 1. The number of aryl methyl sites for hydroxylation is 1. The van der Waals surface area contributed by atoms with Gasteiger partial charge < -0.3 is 9.42 Å². The quantitative estimate of drug-likeness (QED) is 0.659. The summed E-state index contributed by atoms with van der Waals surface area (Å²) >= 11 is 0. The molecule has 0 spiro atoms. The van der Waals surface area contributed by atoms with Gasteiger partial charge in [-0.25, -0.2) is 8.42 Å². The molecule has 2 aliphatic heterocycles. The van der Waals surface area contributed by atoms with Crippen LogP contribution in [0.15, 0.2) is 4.52 Å². The van der Waals surface area contributed by atoms with Gasteiger partial charge in [0.15, 0.2) is 15.7 Å². The van der Waals surface area contributed by atoms with E-state index in [4.69, 9.17) is 4.52 Å². The third kappa shape index (κ3) is 3.60. The largest absolute Gasteiger partial charge is 0.348 e. The summed E-state index contributed by atoms with van der Waals surface area (Å²) in [5.74, 6) is 1.26. The van der Waals surface area contributed by atoms with Crippen molar-refractivity contribution in [2.45, 2.75) is 25.6 Å². The maximum atomic E-state index is 12.2. The number of carbonyl (C=O) groups excluding carboxylic acids is 1. The summed E-state index contributed by atoms with van der Waals surface area (Å²) in [7, 11) is 0.306. The van der Waals surface area contributed by atoms with Gasteiger partial charge in [0.25, 0.3) is 0 Å². The molecule has 3 rings (SSSR count). The summed E-state index contributed by atoms with van der Waals surface area (Å²) in [4.78, 5) is 21.9. The number of amides is 1. The molecule has 1 aromatic rings. The van der Waals surface area contributed by atoms with E-state index in [2.05, 4.69) is 15.0 Å². The van der Waals surface area contributed by atoms with Gasteiger partial charge in [-0.05, 0) is 0 Å². The molecule has 1 amide bonds. The molecule has 2 saturated heterocycles. The van der Waals surface area contributed by atoms with Crippen LogP contribution in [0.25, 0.3) is 0 Å². The summed E-state index contributed by atoms with van der Waals surface area (Å²) in [6.07, 6.45) is 0. The van der Waals surface area contributed by atoms with Crippen molar-refractivity contribution in [3.8, 4) is 0 Å². The number of nitrogens with zero attached hydrogens (tertiary/aromatic N) is 5. The van der Waals surface area contributed by atoms with Crippen LogP contribution in [0.3, 0.4) is 0 Å². The van der Waals surface area contributed by atoms with E-state index in [0.29, 0.717) is 31.3 Å². The second-order valence-corrected chi connectivity index (χ2v) is 8.82. The van der Waals surface area contributed by atoms with E-state index in [1.165, 1.54) is 4.90 Å². The molecule has 134 valence electrons. The highest BCUT2D eigenvalue weighted by Crippen LogP contribution is 2.27. The van der Waals surface area contributed by atoms with Gasteiger partial charge in [-0.15, -0.1) is 0 Å². The fourth-order valence-electron chi connectivity index (χ4n) is 3.39. The van der Waals surface area contributed by atoms with Crippen LogP contribution in [-0.4, -0.2) is 96.5 Å². The number of likely N-dealkylation sites (N-methyl/N-ethyl adjacent to an activating group) is 1. The summed E-state index contributed by atoms with van der Waals surface area (Å²) in [6, 6.07) is -0.307. The van der Waals surface area contributed by atoms with Gasteiger partial charge in [0.1, 0.15) is 0 Å². The summed E-state index contributed by atoms with van der Waals surface area (Å²) in [5, 5.41) is 3.90. The highest BCUT2D eigenvalue weighted by Gasteiger charge is 2.47. The van der Waals surface area contributed by atoms with Crippen LogP contribution < -0.4 is 0 Å². The zero-order valence-corrected chi connectivity index (χ0v) is 15.0. The van der Waals surface area contributed by atoms with E-state index >= 15 is 0 Å². The number of carbonyl (C=O) groups is 1. The van der Waals surface area contributed by atoms with Crippen LogP contribution >= 0.6 is 0 Å². The number of aromatic nitrogens is 2. The predicted molar refractivity (Wildman–Crippen MR) is 85.9 cm³/mol. The fourth-order valence-corrected chi connectivity index (χ4v) is 5.43. The molecule has 0 aliphatic carbocycles. The van der Waals surface area contributed by atoms with Crippen molar-refractivity contribution in [2.24, 2.45) is 0 Å². The van der Waals surface area contributed by atoms with E-state index in [1.807, 2.05) is 4.90 Å². The lowest BCUT2D eigenvalue weighted by Crippen LogP contribution is -2.60. The second-order valence-electron chi connectivity index (χ2n) is 6.67. The molecule has 0 aromatic carbocycles. The van der Waals surface area contributed by atoms with Gasteiger partial charge in [0, 0.05) is 46.2 Å². The molecule has 24 heavy (non-hydrogen) atoms. The zero-order chi connectivity index (χ0) is 17.5. The Balaban J connectivity index is 1.76. The summed E-state index contributed by atoms with van der Waals surface area (Å²) < 4.78 is 29.3. The van der Waals surface area contributed by atoms with E-state index < -0.39 is 9.84 Å². The van der Waals surface area contributed by atoms with E-state index in [0.717, 1.165) is 0 Å². The number of rotatable bonds is 4. The lowest BCUT2D eigenvalue weighted by atomic mass is 10.0. The summed E-state index contributed by atoms with van der Waals surface area (Å²) in [5.41, 5.74) is 0. The molecule has 3 heterocycles. The first-order valence-corrected chi connectivity index (χ1v) is 9.75. The molecule has 10 heteroatoms. The Morgan fingerprint density at radius 3 is 2.46 bits per heavy atom. The van der Waals surface area contributed by atoms with Crippen molar-refractivity contribution in [2.75, 3.05) is 45.2 Å². The topological polar surface area (TPSA) is 99.9 Å². The highest BCUT2D eigenvalue weighted by molar-refractivity contribution is 7.91. The van der Waals surface area contributed by atoms with E-state index in [1.54, 1.807) is 21.0 Å². The SMILES string of the molecule is Cc1nc(CN2CCN(CC(=O)N(C)C)[C@H]3CS(=O)(=O)C[C@H]32)no1. The Morgan fingerprint density at radius 1 is 1.25 bits per heavy atom. The van der Waals surface area contributed by atoms with Crippen molar-refractivity contribution >= 4 is 15.7 Å². The number of fused-ring (bicyclic) bond motifs is 1. The Hall–Kier alpha value is -1.52. The molecule has 0 unspecified atom stereocenters. The van der Waals surface area contributed by atoms with E-state index in [-0.39, 0.29) is 36.0 Å². The van der Waals surface area contributed by atoms with Crippen molar-refractivity contribution in [3.63, 3.8) is 0 Å². The maximum Gasteiger partial charge on any atom is 0.236 e. The Morgan fingerprint density at radius 2 is 1.88 bits per heavy atom. The van der Waals surface area contributed by atoms with Gasteiger partial charge in [-0.3, -0.25) is 14.6 Å². The van der Waals surface area contributed by atoms with Crippen LogP contribution in [-0.2, 0) is 21.2 Å². The van der Waals surface area contributed by atoms with Gasteiger partial charge in [-0.2, -0.15) is 4.98 Å². The maximum absolute atomic E-state index is 12.2. The first kappa shape index (κ1) is 17.3. The minimum Gasteiger partial charge on any atom is -0.348 e. The molecular formula is C14H23N5O4S. The van der Waals surface area contributed by atoms with E-state index in [9.17, 15) is 13.2 Å². The first-order valence-electron chi connectivity index (χ1n) is 7.93. The highest BCUT2D eigenvalue weighted by atomic mass is 32.2. The van der Waals surface area contributed by atoms with Crippen LogP contribution in [0.2, 0.25) is 0 Å². The molecule has 2 fully saturated rings. The average molecular weight is 357 g/mol. The summed E-state index contributed by atoms with van der Waals surface area (Å²) in [6.45, 7) is 3.75. The smallest absolute Gasteiger partial charge is 0.236 e. The minimum atomic E-state index is -3.11. The number of hydrogen-bond acceptors (Lipinski definition) is 8. The molecule has 0 N–H and O–H groups in total. The average Bonchev–Trinajstić information content (AvgIpc) is 3.03. The van der Waals surface area contributed by atoms with Crippen molar-refractivity contribution in [1.29, 1.82) is 0 Å². The van der Waals surface area contributed by atoms with Crippen LogP contribution in [0.4, 0.5) is 0 Å². The van der Waals surface area contributed by atoms with Crippen molar-refractivity contribution in [3.05, 3.63) is 11.7 Å². The predicted octanol–water partition coefficient (Wildman–Crippen LogP) is -1.25. The number of sulfone groups is 1. The molecule has 0 radical (unpaired) electrons. The van der Waals surface area contributed by atoms with Crippen LogP contribution in [0, 0.1) is 6.92 Å². The van der Waals surface area contributed by atoms with Gasteiger partial charge >= 0.3 is 0 Å². The molecule has 2 aliphatic rings.